The number of hydrogen-bond donors (Lipinski definition) is 1. The molecule has 1 aromatic carbocycles. The van der Waals surface area contributed by atoms with Crippen molar-refractivity contribution in [3.8, 4) is 0 Å². The maximum absolute atomic E-state index is 13.5. The lowest BCUT2D eigenvalue weighted by Gasteiger charge is -2.31. The molecule has 1 heterocycles. The number of ketones is 1. The molecule has 1 unspecified atom stereocenters. The minimum Gasteiger partial charge on any atom is -0.375 e. The second-order valence-electron chi connectivity index (χ2n) is 4.86. The summed E-state index contributed by atoms with van der Waals surface area (Å²) in [6, 6.07) is 2.88. The van der Waals surface area contributed by atoms with Crippen molar-refractivity contribution in [3.63, 3.8) is 0 Å². The highest BCUT2D eigenvalue weighted by atomic mass is 19.4. The molecule has 2 rings (SSSR count). The topological polar surface area (TPSA) is 68.0 Å². The van der Waals surface area contributed by atoms with Crippen LogP contribution < -0.4 is 0 Å². The second-order valence-corrected chi connectivity index (χ2v) is 4.86. The van der Waals surface area contributed by atoms with E-state index in [2.05, 4.69) is 10.1 Å². The van der Waals surface area contributed by atoms with Crippen LogP contribution in [0, 0.1) is 5.82 Å². The van der Waals surface area contributed by atoms with Gasteiger partial charge in [-0.3, -0.25) is 4.79 Å². The molecule has 0 saturated heterocycles. The molecule has 130 valence electrons. The zero-order chi connectivity index (χ0) is 18.2. The summed E-state index contributed by atoms with van der Waals surface area (Å²) in [7, 11) is 0. The summed E-state index contributed by atoms with van der Waals surface area (Å²) in [5, 5.41) is 13.8. The van der Waals surface area contributed by atoms with Crippen molar-refractivity contribution >= 4 is 5.78 Å². The van der Waals surface area contributed by atoms with E-state index in [4.69, 9.17) is 0 Å². The van der Waals surface area contributed by atoms with Gasteiger partial charge in [0.2, 0.25) is 5.78 Å². The van der Waals surface area contributed by atoms with E-state index in [1.807, 2.05) is 0 Å². The number of Topliss-reactive ketones (excluding diaryl/α,β-unsaturated/α-hetero) is 1. The monoisotopic (exact) mass is 353 g/mol. The number of aliphatic hydroxyl groups is 1. The third-order valence-electron chi connectivity index (χ3n) is 3.20. The quantitative estimate of drug-likeness (QED) is 0.836. The SMILES string of the molecule is O=C(C(O)(Cn1cncn1)c1ccc(F)cc1)C(F)(F)C(F)(F)F. The molecule has 11 heteroatoms. The summed E-state index contributed by atoms with van der Waals surface area (Å²) >= 11 is 0. The van der Waals surface area contributed by atoms with E-state index in [0.717, 1.165) is 24.8 Å². The van der Waals surface area contributed by atoms with Crippen LogP contribution >= 0.6 is 0 Å². The Morgan fingerprint density at radius 3 is 2.17 bits per heavy atom. The summed E-state index contributed by atoms with van der Waals surface area (Å²) < 4.78 is 78.1. The fraction of sp³-hybridized carbons (Fsp3) is 0.308. The lowest BCUT2D eigenvalue weighted by Crippen LogP contribution is -2.55. The van der Waals surface area contributed by atoms with Gasteiger partial charge in [-0.05, 0) is 17.7 Å². The van der Waals surface area contributed by atoms with Gasteiger partial charge in [0.05, 0.1) is 6.54 Å². The Morgan fingerprint density at radius 1 is 1.12 bits per heavy atom. The first-order valence-corrected chi connectivity index (χ1v) is 6.29. The summed E-state index contributed by atoms with van der Waals surface area (Å²) in [6.07, 6.45) is -4.37. The van der Waals surface area contributed by atoms with Gasteiger partial charge in [0.15, 0.2) is 5.60 Å². The third-order valence-corrected chi connectivity index (χ3v) is 3.20. The van der Waals surface area contributed by atoms with Crippen molar-refractivity contribution in [2.24, 2.45) is 0 Å². The highest BCUT2D eigenvalue weighted by molar-refractivity contribution is 5.94. The van der Waals surface area contributed by atoms with Gasteiger partial charge in [0.1, 0.15) is 18.5 Å². The molecule has 1 atom stereocenters. The number of carbonyl (C=O) groups excluding carboxylic acids is 1. The Morgan fingerprint density at radius 2 is 1.71 bits per heavy atom. The maximum Gasteiger partial charge on any atom is 0.461 e. The predicted octanol–water partition coefficient (Wildman–Crippen LogP) is 2.07. The molecule has 0 spiro atoms. The highest BCUT2D eigenvalue weighted by Crippen LogP contribution is 2.41. The average Bonchev–Trinajstić information content (AvgIpc) is 2.98. The molecule has 0 aliphatic rings. The third kappa shape index (κ3) is 3.11. The number of benzene rings is 1. The van der Waals surface area contributed by atoms with Crippen LogP contribution in [0.4, 0.5) is 26.3 Å². The smallest absolute Gasteiger partial charge is 0.375 e. The van der Waals surface area contributed by atoms with Gasteiger partial charge in [-0.1, -0.05) is 12.1 Å². The minimum atomic E-state index is -6.21. The molecule has 24 heavy (non-hydrogen) atoms. The van der Waals surface area contributed by atoms with Gasteiger partial charge in [0.25, 0.3) is 0 Å². The zero-order valence-electron chi connectivity index (χ0n) is 11.6. The summed E-state index contributed by atoms with van der Waals surface area (Å²) in [6.45, 7) is -1.07. The first-order chi connectivity index (χ1) is 11.0. The van der Waals surface area contributed by atoms with Gasteiger partial charge < -0.3 is 5.11 Å². The summed E-state index contributed by atoms with van der Waals surface area (Å²) in [5.41, 5.74) is -3.95. The standard InChI is InChI=1S/C13H9F6N3O2/c14-9-3-1-8(2-4-9)11(24,5-22-7-20-6-21-22)10(23)12(15,16)13(17,18)19/h1-4,6-7,24H,5H2. The van der Waals surface area contributed by atoms with Crippen LogP contribution in [0.2, 0.25) is 0 Å². The number of hydrogen-bond acceptors (Lipinski definition) is 4. The van der Waals surface area contributed by atoms with E-state index >= 15 is 0 Å². The van der Waals surface area contributed by atoms with E-state index in [0.29, 0.717) is 16.8 Å². The molecule has 2 aromatic rings. The molecule has 1 N–H and O–H groups in total. The molecule has 5 nitrogen and oxygen atoms in total. The van der Waals surface area contributed by atoms with Crippen LogP contribution in [0.1, 0.15) is 5.56 Å². The Hall–Kier alpha value is -2.43. The van der Waals surface area contributed by atoms with Gasteiger partial charge in [-0.15, -0.1) is 0 Å². The van der Waals surface area contributed by atoms with Crippen molar-refractivity contribution in [3.05, 3.63) is 48.3 Å². The molecule has 0 saturated carbocycles. The first kappa shape index (κ1) is 17.9. The fourth-order valence-electron chi connectivity index (χ4n) is 1.96. The zero-order valence-corrected chi connectivity index (χ0v) is 11.6. The lowest BCUT2D eigenvalue weighted by molar-refractivity contribution is -0.276. The maximum atomic E-state index is 13.5. The number of aromatic nitrogens is 3. The van der Waals surface area contributed by atoms with Crippen LogP contribution in [0.15, 0.2) is 36.9 Å². The molecule has 0 amide bonds. The number of alkyl halides is 5. The van der Waals surface area contributed by atoms with E-state index < -0.39 is 41.4 Å². The minimum absolute atomic E-state index is 0.645. The summed E-state index contributed by atoms with van der Waals surface area (Å²) in [4.78, 5) is 15.3. The molecule has 0 bridgehead atoms. The van der Waals surface area contributed by atoms with Crippen molar-refractivity contribution < 1.29 is 36.2 Å². The van der Waals surface area contributed by atoms with Crippen LogP contribution in [-0.4, -0.2) is 37.8 Å². The highest BCUT2D eigenvalue weighted by Gasteiger charge is 2.68. The molecule has 0 aliphatic heterocycles. The Bertz CT molecular complexity index is 714. The average molecular weight is 353 g/mol. The van der Waals surface area contributed by atoms with Gasteiger partial charge in [-0.2, -0.15) is 27.1 Å². The number of rotatable bonds is 5. The molecule has 0 radical (unpaired) electrons. The van der Waals surface area contributed by atoms with E-state index in [-0.39, 0.29) is 0 Å². The van der Waals surface area contributed by atoms with Crippen LogP contribution in [0.3, 0.4) is 0 Å². The Kier molecular flexibility index (Phi) is 4.40. The van der Waals surface area contributed by atoms with Crippen molar-refractivity contribution in [2.45, 2.75) is 24.2 Å². The number of nitrogens with zero attached hydrogens (tertiary/aromatic N) is 3. The summed E-state index contributed by atoms with van der Waals surface area (Å²) in [5.74, 6) is -9.46. The molecular formula is C13H9F6N3O2. The van der Waals surface area contributed by atoms with E-state index in [9.17, 15) is 36.2 Å². The second kappa shape index (κ2) is 5.89. The normalized spacial score (nSPS) is 15.1. The van der Waals surface area contributed by atoms with Crippen molar-refractivity contribution in [2.75, 3.05) is 0 Å². The van der Waals surface area contributed by atoms with Gasteiger partial charge in [0, 0.05) is 0 Å². The van der Waals surface area contributed by atoms with Crippen LogP contribution in [0.25, 0.3) is 0 Å². The molecular weight excluding hydrogens is 344 g/mol. The Labute approximate surface area is 130 Å². The van der Waals surface area contributed by atoms with Gasteiger partial charge in [-0.25, -0.2) is 14.1 Å². The predicted molar refractivity (Wildman–Crippen MR) is 66.3 cm³/mol. The van der Waals surface area contributed by atoms with Crippen LogP contribution in [-0.2, 0) is 16.9 Å². The number of carbonyl (C=O) groups is 1. The largest absolute Gasteiger partial charge is 0.461 e. The van der Waals surface area contributed by atoms with Crippen molar-refractivity contribution in [1.82, 2.24) is 14.8 Å². The van der Waals surface area contributed by atoms with Crippen LogP contribution in [0.5, 0.6) is 0 Å². The molecule has 0 aliphatic carbocycles. The van der Waals surface area contributed by atoms with Crippen molar-refractivity contribution in [1.29, 1.82) is 0 Å². The molecule has 0 fully saturated rings. The van der Waals surface area contributed by atoms with E-state index in [1.54, 1.807) is 0 Å². The molecule has 1 aromatic heterocycles. The van der Waals surface area contributed by atoms with E-state index in [1.165, 1.54) is 0 Å². The Balaban J connectivity index is 2.54. The fourth-order valence-corrected chi connectivity index (χ4v) is 1.96. The number of halogens is 6. The first-order valence-electron chi connectivity index (χ1n) is 6.29. The van der Waals surface area contributed by atoms with Gasteiger partial charge >= 0.3 is 12.1 Å². The lowest BCUT2D eigenvalue weighted by atomic mass is 9.86.